The minimum atomic E-state index is -0.540. The lowest BCUT2D eigenvalue weighted by molar-refractivity contribution is -0.145. The molecule has 1 N–H and O–H groups in total. The van der Waals surface area contributed by atoms with E-state index in [2.05, 4.69) is 10.5 Å². The highest BCUT2D eigenvalue weighted by Crippen LogP contribution is 2.27. The number of amides is 1. The second-order valence-electron chi connectivity index (χ2n) is 4.63. The van der Waals surface area contributed by atoms with Crippen molar-refractivity contribution >= 4 is 40.8 Å². The van der Waals surface area contributed by atoms with Gasteiger partial charge in [-0.2, -0.15) is 5.10 Å². The van der Waals surface area contributed by atoms with Gasteiger partial charge >= 0.3 is 5.97 Å². The average Bonchev–Trinajstić information content (AvgIpc) is 2.51. The molecule has 1 rings (SSSR count). The van der Waals surface area contributed by atoms with Crippen molar-refractivity contribution in [2.45, 2.75) is 20.8 Å². The maximum Gasteiger partial charge on any atom is 0.314 e. The predicted octanol–water partition coefficient (Wildman–Crippen LogP) is 3.06. The average molecular weight is 361 g/mol. The molecule has 1 unspecified atom stereocenters. The van der Waals surface area contributed by atoms with Gasteiger partial charge < -0.3 is 9.47 Å². The molecule has 0 radical (unpaired) electrons. The van der Waals surface area contributed by atoms with Gasteiger partial charge in [0.05, 0.1) is 17.5 Å². The van der Waals surface area contributed by atoms with Crippen LogP contribution in [0.15, 0.2) is 23.3 Å². The van der Waals surface area contributed by atoms with Crippen LogP contribution in [-0.2, 0) is 14.3 Å². The van der Waals surface area contributed by atoms with Crippen LogP contribution in [0.2, 0.25) is 10.0 Å². The van der Waals surface area contributed by atoms with E-state index in [1.54, 1.807) is 32.9 Å². The third kappa shape index (κ3) is 6.46. The van der Waals surface area contributed by atoms with Crippen molar-refractivity contribution in [2.75, 3.05) is 13.2 Å². The summed E-state index contributed by atoms with van der Waals surface area (Å²) in [7, 11) is 0. The first kappa shape index (κ1) is 19.3. The summed E-state index contributed by atoms with van der Waals surface area (Å²) >= 11 is 11.7. The minimum Gasteiger partial charge on any atom is -0.482 e. The van der Waals surface area contributed by atoms with Crippen molar-refractivity contribution in [3.63, 3.8) is 0 Å². The Morgan fingerprint density at radius 2 is 2.04 bits per heavy atom. The highest BCUT2D eigenvalue weighted by molar-refractivity contribution is 6.35. The normalized spacial score (nSPS) is 12.5. The van der Waals surface area contributed by atoms with E-state index < -0.39 is 17.8 Å². The molecule has 0 fully saturated rings. The Kier molecular flexibility index (Phi) is 7.85. The second-order valence-corrected chi connectivity index (χ2v) is 5.47. The number of halogens is 2. The maximum atomic E-state index is 11.7. The lowest BCUT2D eigenvalue weighted by Gasteiger charge is -2.10. The van der Waals surface area contributed by atoms with Crippen LogP contribution >= 0.6 is 23.2 Å². The lowest BCUT2D eigenvalue weighted by Crippen LogP contribution is -2.28. The van der Waals surface area contributed by atoms with Crippen molar-refractivity contribution < 1.29 is 19.1 Å². The van der Waals surface area contributed by atoms with Crippen LogP contribution in [0.3, 0.4) is 0 Å². The summed E-state index contributed by atoms with van der Waals surface area (Å²) < 4.78 is 10.1. The molecule has 1 aromatic rings. The lowest BCUT2D eigenvalue weighted by atomic mass is 10.1. The number of carbonyl (C=O) groups is 2. The summed E-state index contributed by atoms with van der Waals surface area (Å²) in [6, 6.07) is 4.68. The van der Waals surface area contributed by atoms with Crippen LogP contribution in [0.4, 0.5) is 0 Å². The zero-order valence-electron chi connectivity index (χ0n) is 13.1. The van der Waals surface area contributed by atoms with Gasteiger partial charge in [0.2, 0.25) is 0 Å². The monoisotopic (exact) mass is 360 g/mol. The van der Waals surface area contributed by atoms with Crippen LogP contribution in [0.5, 0.6) is 5.75 Å². The molecule has 23 heavy (non-hydrogen) atoms. The van der Waals surface area contributed by atoms with Gasteiger partial charge in [0, 0.05) is 10.7 Å². The summed E-state index contributed by atoms with van der Waals surface area (Å²) in [5.74, 6) is -1.08. The fourth-order valence-electron chi connectivity index (χ4n) is 1.45. The summed E-state index contributed by atoms with van der Waals surface area (Å²) in [5.41, 5.74) is 2.74. The Morgan fingerprint density at radius 3 is 2.65 bits per heavy atom. The smallest absolute Gasteiger partial charge is 0.314 e. The van der Waals surface area contributed by atoms with E-state index in [1.807, 2.05) is 0 Å². The first-order chi connectivity index (χ1) is 10.8. The molecule has 0 aliphatic heterocycles. The molecular weight excluding hydrogens is 343 g/mol. The fraction of sp³-hybridized carbons (Fsp3) is 0.400. The van der Waals surface area contributed by atoms with Crippen LogP contribution in [-0.4, -0.2) is 30.8 Å². The van der Waals surface area contributed by atoms with Crippen molar-refractivity contribution in [3.8, 4) is 5.75 Å². The SMILES string of the molecule is CCOC(=O)C(C)C(C)=NNC(=O)COc1ccc(Cl)cc1Cl. The van der Waals surface area contributed by atoms with Crippen molar-refractivity contribution in [2.24, 2.45) is 11.0 Å². The first-order valence-electron chi connectivity index (χ1n) is 6.92. The van der Waals surface area contributed by atoms with Gasteiger partial charge in [-0.15, -0.1) is 0 Å². The molecule has 126 valence electrons. The molecular formula is C15H18Cl2N2O4. The summed E-state index contributed by atoms with van der Waals surface area (Å²) in [5, 5.41) is 4.64. The third-order valence-corrected chi connectivity index (χ3v) is 3.41. The molecule has 1 amide bonds. The minimum absolute atomic E-state index is 0.272. The van der Waals surface area contributed by atoms with Gasteiger partial charge in [-0.25, -0.2) is 5.43 Å². The third-order valence-electron chi connectivity index (χ3n) is 2.88. The Morgan fingerprint density at radius 1 is 1.35 bits per heavy atom. The number of benzene rings is 1. The molecule has 0 bridgehead atoms. The molecule has 1 aromatic carbocycles. The molecule has 0 saturated heterocycles. The van der Waals surface area contributed by atoms with Gasteiger partial charge in [0.25, 0.3) is 5.91 Å². The zero-order chi connectivity index (χ0) is 17.4. The molecule has 0 spiro atoms. The summed E-state index contributed by atoms with van der Waals surface area (Å²) in [6.45, 7) is 5.01. The molecule has 1 atom stereocenters. The van der Waals surface area contributed by atoms with Gasteiger partial charge in [0.1, 0.15) is 5.75 Å². The number of hydrazone groups is 1. The first-order valence-corrected chi connectivity index (χ1v) is 7.68. The number of hydrogen-bond acceptors (Lipinski definition) is 5. The number of rotatable bonds is 7. The van der Waals surface area contributed by atoms with E-state index in [0.29, 0.717) is 28.1 Å². The molecule has 0 saturated carbocycles. The Bertz CT molecular complexity index is 605. The van der Waals surface area contributed by atoms with Crippen LogP contribution in [0.25, 0.3) is 0 Å². The van der Waals surface area contributed by atoms with Gasteiger partial charge in [-0.3, -0.25) is 9.59 Å². The molecule has 0 heterocycles. The number of esters is 1. The quantitative estimate of drug-likeness (QED) is 0.460. The zero-order valence-corrected chi connectivity index (χ0v) is 14.6. The molecule has 0 aliphatic rings. The predicted molar refractivity (Wildman–Crippen MR) is 89.0 cm³/mol. The molecule has 6 nitrogen and oxygen atoms in total. The fourth-order valence-corrected chi connectivity index (χ4v) is 1.92. The van der Waals surface area contributed by atoms with Crippen LogP contribution in [0, 0.1) is 5.92 Å². The summed E-state index contributed by atoms with van der Waals surface area (Å²) in [6.07, 6.45) is 0. The van der Waals surface area contributed by atoms with Crippen molar-refractivity contribution in [1.82, 2.24) is 5.43 Å². The van der Waals surface area contributed by atoms with Crippen LogP contribution in [0.1, 0.15) is 20.8 Å². The summed E-state index contributed by atoms with van der Waals surface area (Å²) in [4.78, 5) is 23.2. The Labute approximate surface area is 144 Å². The van der Waals surface area contributed by atoms with Gasteiger partial charge in [0.15, 0.2) is 6.61 Å². The van der Waals surface area contributed by atoms with Crippen molar-refractivity contribution in [3.05, 3.63) is 28.2 Å². The highest BCUT2D eigenvalue weighted by atomic mass is 35.5. The van der Waals surface area contributed by atoms with E-state index >= 15 is 0 Å². The molecule has 8 heteroatoms. The number of nitrogens with zero attached hydrogens (tertiary/aromatic N) is 1. The van der Waals surface area contributed by atoms with E-state index in [-0.39, 0.29) is 6.61 Å². The number of hydrogen-bond donors (Lipinski definition) is 1. The van der Waals surface area contributed by atoms with Crippen molar-refractivity contribution in [1.29, 1.82) is 0 Å². The Hall–Kier alpha value is -1.79. The van der Waals surface area contributed by atoms with Gasteiger partial charge in [-0.1, -0.05) is 23.2 Å². The maximum absolute atomic E-state index is 11.7. The van der Waals surface area contributed by atoms with Crippen LogP contribution < -0.4 is 10.2 Å². The highest BCUT2D eigenvalue weighted by Gasteiger charge is 2.17. The largest absolute Gasteiger partial charge is 0.482 e. The van der Waals surface area contributed by atoms with Gasteiger partial charge in [-0.05, 0) is 39.0 Å². The number of ether oxygens (including phenoxy) is 2. The van der Waals surface area contributed by atoms with E-state index in [4.69, 9.17) is 32.7 Å². The van der Waals surface area contributed by atoms with E-state index in [0.717, 1.165) is 0 Å². The van der Waals surface area contributed by atoms with E-state index in [9.17, 15) is 9.59 Å². The molecule has 0 aromatic heterocycles. The Balaban J connectivity index is 2.50. The molecule has 0 aliphatic carbocycles. The number of carbonyl (C=O) groups excluding carboxylic acids is 2. The topological polar surface area (TPSA) is 77.0 Å². The standard InChI is InChI=1S/C15H18Cl2N2O4/c1-4-22-15(21)9(2)10(3)18-19-14(20)8-23-13-6-5-11(16)7-12(13)17/h5-7,9H,4,8H2,1-3H3,(H,19,20). The van der Waals surface area contributed by atoms with E-state index in [1.165, 1.54) is 6.07 Å². The number of nitrogens with one attached hydrogen (secondary N) is 1. The second kappa shape index (κ2) is 9.37.